The summed E-state index contributed by atoms with van der Waals surface area (Å²) >= 11 is 0. The molecule has 0 heterocycles. The summed E-state index contributed by atoms with van der Waals surface area (Å²) < 4.78 is 10.6. The summed E-state index contributed by atoms with van der Waals surface area (Å²) in [5.41, 5.74) is 0. The topological polar surface area (TPSA) is 42.2 Å². The van der Waals surface area contributed by atoms with Gasteiger partial charge in [0.05, 0.1) is 6.07 Å². The number of hydrogen-bond acceptors (Lipinski definition) is 3. The molecule has 0 bridgehead atoms. The van der Waals surface area contributed by atoms with Gasteiger partial charge in [-0.1, -0.05) is 0 Å². The summed E-state index contributed by atoms with van der Waals surface area (Å²) in [5, 5.41) is 8.31. The molecule has 0 aromatic rings. The van der Waals surface area contributed by atoms with Crippen LogP contribution in [0.3, 0.4) is 0 Å². The van der Waals surface area contributed by atoms with Gasteiger partial charge in [0.25, 0.3) is 0 Å². The molecule has 0 unspecified atom stereocenters. The second-order valence-electron chi connectivity index (χ2n) is 2.10. The number of rotatable bonds is 7. The van der Waals surface area contributed by atoms with Crippen LogP contribution in [0, 0.1) is 11.3 Å². The Morgan fingerprint density at radius 1 is 1.33 bits per heavy atom. The van der Waals surface area contributed by atoms with Crippen LogP contribution >= 0.6 is 0 Å². The first-order chi connectivity index (χ1) is 5.85. The Morgan fingerprint density at radius 3 is 2.33 bits per heavy atom. The predicted octanol–water partition coefficient (Wildman–Crippen LogP) is 1.38. The third kappa shape index (κ3) is 6.34. The van der Waals surface area contributed by atoms with E-state index in [1.807, 2.05) is 13.8 Å². The average Bonchev–Trinajstić information content (AvgIpc) is 2.06. The van der Waals surface area contributed by atoms with Crippen LogP contribution in [0.5, 0.6) is 0 Å². The van der Waals surface area contributed by atoms with Gasteiger partial charge in [-0.05, 0) is 19.9 Å². The fourth-order valence-corrected chi connectivity index (χ4v) is 1.78. The molecule has 0 N–H and O–H groups in total. The van der Waals surface area contributed by atoms with Crippen molar-refractivity contribution in [1.82, 2.24) is 0 Å². The molecule has 68 valence electrons. The third-order valence-corrected chi connectivity index (χ3v) is 2.39. The van der Waals surface area contributed by atoms with E-state index in [-0.39, 0.29) is 5.91 Å². The lowest BCUT2D eigenvalue weighted by molar-refractivity contribution is -0.0827. The highest BCUT2D eigenvalue weighted by Gasteiger charge is 2.07. The van der Waals surface area contributed by atoms with Crippen LogP contribution in [0.4, 0.5) is 0 Å². The van der Waals surface area contributed by atoms with Crippen molar-refractivity contribution < 1.29 is 9.47 Å². The van der Waals surface area contributed by atoms with E-state index in [0.717, 1.165) is 6.04 Å². The summed E-state index contributed by atoms with van der Waals surface area (Å²) in [6.45, 7) is 5.23. The standard InChI is InChI=1S/C8H15NO2Si/c1-3-10-8(11-4-2)12-7-5-6-9/h8H,3-5,7H2,1-2H3. The van der Waals surface area contributed by atoms with E-state index in [0.29, 0.717) is 29.2 Å². The van der Waals surface area contributed by atoms with E-state index < -0.39 is 0 Å². The molecule has 0 fully saturated rings. The summed E-state index contributed by atoms with van der Waals surface area (Å²) in [7, 11) is 0.577. The van der Waals surface area contributed by atoms with Gasteiger partial charge in [0, 0.05) is 19.6 Å². The van der Waals surface area contributed by atoms with Crippen molar-refractivity contribution in [3.63, 3.8) is 0 Å². The Kier molecular flexibility index (Phi) is 8.45. The lowest BCUT2D eigenvalue weighted by atomic mass is 10.6. The van der Waals surface area contributed by atoms with Crippen molar-refractivity contribution in [3.05, 3.63) is 0 Å². The van der Waals surface area contributed by atoms with Gasteiger partial charge in [-0.25, -0.2) is 0 Å². The molecule has 0 aliphatic rings. The third-order valence-electron chi connectivity index (χ3n) is 1.18. The first kappa shape index (κ1) is 11.6. The van der Waals surface area contributed by atoms with Gasteiger partial charge in [-0.2, -0.15) is 5.26 Å². The number of nitrogens with zero attached hydrogens (tertiary/aromatic N) is 1. The van der Waals surface area contributed by atoms with E-state index in [2.05, 4.69) is 6.07 Å². The zero-order valence-corrected chi connectivity index (χ0v) is 8.67. The maximum Gasteiger partial charge on any atom is 0.137 e. The highest BCUT2D eigenvalue weighted by Crippen LogP contribution is 1.97. The summed E-state index contributed by atoms with van der Waals surface area (Å²) in [6, 6.07) is 2.98. The molecular weight excluding hydrogens is 170 g/mol. The van der Waals surface area contributed by atoms with Crippen molar-refractivity contribution in [2.24, 2.45) is 0 Å². The smallest absolute Gasteiger partial charge is 0.137 e. The fourth-order valence-electron chi connectivity index (χ4n) is 0.715. The van der Waals surface area contributed by atoms with Gasteiger partial charge in [0.2, 0.25) is 0 Å². The first-order valence-electron chi connectivity index (χ1n) is 4.18. The van der Waals surface area contributed by atoms with E-state index in [1.54, 1.807) is 0 Å². The summed E-state index contributed by atoms with van der Waals surface area (Å²) in [6.07, 6.45) is 0.592. The Labute approximate surface area is 76.5 Å². The second kappa shape index (κ2) is 8.72. The highest BCUT2D eigenvalue weighted by molar-refractivity contribution is 6.36. The summed E-state index contributed by atoms with van der Waals surface area (Å²) in [4.78, 5) is 0. The monoisotopic (exact) mass is 185 g/mol. The molecular formula is C8H15NO2Si. The maximum atomic E-state index is 8.31. The molecule has 0 saturated carbocycles. The van der Waals surface area contributed by atoms with Gasteiger partial charge in [0.15, 0.2) is 0 Å². The van der Waals surface area contributed by atoms with E-state index in [4.69, 9.17) is 14.7 Å². The Hall–Kier alpha value is -0.373. The molecule has 0 aromatic carbocycles. The number of hydrogen-bond donors (Lipinski definition) is 0. The Bertz CT molecular complexity index is 130. The van der Waals surface area contributed by atoms with Gasteiger partial charge >= 0.3 is 0 Å². The molecule has 3 nitrogen and oxygen atoms in total. The van der Waals surface area contributed by atoms with Gasteiger partial charge < -0.3 is 9.47 Å². The largest absolute Gasteiger partial charge is 0.357 e. The zero-order valence-electron chi connectivity index (χ0n) is 7.67. The Morgan fingerprint density at radius 2 is 1.92 bits per heavy atom. The van der Waals surface area contributed by atoms with Gasteiger partial charge in [-0.15, -0.1) is 0 Å². The first-order valence-corrected chi connectivity index (χ1v) is 5.47. The minimum atomic E-state index is -0.0895. The second-order valence-corrected chi connectivity index (χ2v) is 3.48. The van der Waals surface area contributed by atoms with E-state index in [1.165, 1.54) is 0 Å². The van der Waals surface area contributed by atoms with Crippen molar-refractivity contribution in [2.75, 3.05) is 13.2 Å². The van der Waals surface area contributed by atoms with Crippen LogP contribution in [0.25, 0.3) is 0 Å². The molecule has 0 aliphatic carbocycles. The van der Waals surface area contributed by atoms with Crippen molar-refractivity contribution in [1.29, 1.82) is 5.26 Å². The van der Waals surface area contributed by atoms with Crippen LogP contribution < -0.4 is 0 Å². The Balaban J connectivity index is 3.42. The lowest BCUT2D eigenvalue weighted by Crippen LogP contribution is -2.24. The van der Waals surface area contributed by atoms with Crippen molar-refractivity contribution in [2.45, 2.75) is 32.2 Å². The van der Waals surface area contributed by atoms with Crippen molar-refractivity contribution in [3.8, 4) is 6.07 Å². The van der Waals surface area contributed by atoms with Crippen LogP contribution in [-0.2, 0) is 9.47 Å². The molecule has 4 heteroatoms. The lowest BCUT2D eigenvalue weighted by Gasteiger charge is -2.14. The normalized spacial score (nSPS) is 10.2. The van der Waals surface area contributed by atoms with Gasteiger partial charge in [0.1, 0.15) is 15.4 Å². The molecule has 2 radical (unpaired) electrons. The number of nitriles is 1. The zero-order chi connectivity index (χ0) is 9.23. The predicted molar refractivity (Wildman–Crippen MR) is 47.8 cm³/mol. The molecule has 0 saturated heterocycles. The fraction of sp³-hybridized carbons (Fsp3) is 0.875. The van der Waals surface area contributed by atoms with E-state index in [9.17, 15) is 0 Å². The molecule has 0 rings (SSSR count). The quantitative estimate of drug-likeness (QED) is 0.342. The van der Waals surface area contributed by atoms with Crippen LogP contribution in [0.2, 0.25) is 6.04 Å². The molecule has 0 aliphatic heterocycles. The van der Waals surface area contributed by atoms with Crippen LogP contribution in [0.1, 0.15) is 20.3 Å². The molecule has 0 amide bonds. The minimum absolute atomic E-state index is 0.0895. The van der Waals surface area contributed by atoms with Crippen LogP contribution in [0.15, 0.2) is 0 Å². The van der Waals surface area contributed by atoms with E-state index >= 15 is 0 Å². The maximum absolute atomic E-state index is 8.31. The highest BCUT2D eigenvalue weighted by atomic mass is 28.2. The SMILES string of the molecule is CCOC(OCC)[Si]CCC#N. The molecule has 12 heavy (non-hydrogen) atoms. The summed E-state index contributed by atoms with van der Waals surface area (Å²) in [5.74, 6) is -0.0895. The molecule has 0 aromatic heterocycles. The molecule has 0 spiro atoms. The molecule has 0 atom stereocenters. The average molecular weight is 185 g/mol. The van der Waals surface area contributed by atoms with Gasteiger partial charge in [-0.3, -0.25) is 0 Å². The minimum Gasteiger partial charge on any atom is -0.357 e. The number of ether oxygens (including phenoxy) is 2. The van der Waals surface area contributed by atoms with Crippen molar-refractivity contribution >= 4 is 9.52 Å². The van der Waals surface area contributed by atoms with Crippen LogP contribution in [-0.4, -0.2) is 28.6 Å².